The number of hydrogen-bond acceptors (Lipinski definition) is 3. The van der Waals surface area contributed by atoms with E-state index in [9.17, 15) is 4.79 Å². The summed E-state index contributed by atoms with van der Waals surface area (Å²) in [7, 11) is 0. The van der Waals surface area contributed by atoms with Gasteiger partial charge >= 0.3 is 0 Å². The molecule has 1 fully saturated rings. The molecular weight excluding hydrogens is 513 g/mol. The third kappa shape index (κ3) is 8.09. The Kier molecular flexibility index (Phi) is 11.5. The summed E-state index contributed by atoms with van der Waals surface area (Å²) in [5.41, 5.74) is 2.55. The molecule has 0 aromatic heterocycles. The van der Waals surface area contributed by atoms with Crippen LogP contribution in [0.5, 0.6) is 0 Å². The van der Waals surface area contributed by atoms with Crippen LogP contribution in [0.15, 0.2) is 65.7 Å². The highest BCUT2D eigenvalue weighted by atomic mass is 127. The minimum Gasteiger partial charge on any atom is -0.357 e. The maximum absolute atomic E-state index is 11.5. The van der Waals surface area contributed by atoms with Crippen LogP contribution >= 0.6 is 24.0 Å². The number of rotatable bonds is 8. The number of piperazine rings is 1. The number of carbonyl (C=O) groups is 1. The van der Waals surface area contributed by atoms with Crippen LogP contribution in [0.3, 0.4) is 0 Å². The molecule has 1 saturated heterocycles. The predicted octanol–water partition coefficient (Wildman–Crippen LogP) is 3.16. The minimum absolute atomic E-state index is 0. The number of hydrogen-bond donors (Lipinski definition) is 2. The molecule has 1 amide bonds. The highest BCUT2D eigenvalue weighted by Gasteiger charge is 2.18. The van der Waals surface area contributed by atoms with E-state index in [1.807, 2.05) is 4.90 Å². The third-order valence-corrected chi connectivity index (χ3v) is 5.72. The van der Waals surface area contributed by atoms with Crippen molar-refractivity contribution in [3.05, 3.63) is 71.8 Å². The van der Waals surface area contributed by atoms with Crippen molar-refractivity contribution in [2.24, 2.45) is 4.99 Å². The van der Waals surface area contributed by atoms with Gasteiger partial charge in [-0.15, -0.1) is 24.0 Å². The van der Waals surface area contributed by atoms with E-state index in [4.69, 9.17) is 4.99 Å². The van der Waals surface area contributed by atoms with Crippen LogP contribution in [0.4, 0.5) is 0 Å². The number of nitrogens with zero attached hydrogens (tertiary/aromatic N) is 3. The first-order chi connectivity index (χ1) is 15.2. The van der Waals surface area contributed by atoms with E-state index in [0.717, 1.165) is 51.8 Å². The quantitative estimate of drug-likeness (QED) is 0.302. The standard InChI is InChI=1S/C25H35N5O.HI/c1-3-26-25(27-14-15-29-16-18-30(19-17-29)21(2)31)28-20-24(22-10-6-4-7-11-22)23-12-8-5-9-13-23;/h4-13,24H,3,14-20H2,1-2H3,(H2,26,27,28);1H. The van der Waals surface area contributed by atoms with Gasteiger partial charge in [0.25, 0.3) is 0 Å². The van der Waals surface area contributed by atoms with Gasteiger partial charge in [-0.05, 0) is 18.1 Å². The number of amides is 1. The summed E-state index contributed by atoms with van der Waals surface area (Å²) in [5.74, 6) is 1.24. The molecule has 2 aromatic rings. The number of guanidine groups is 1. The van der Waals surface area contributed by atoms with Crippen molar-refractivity contribution < 1.29 is 4.79 Å². The topological polar surface area (TPSA) is 60.0 Å². The van der Waals surface area contributed by atoms with Crippen molar-refractivity contribution in [3.63, 3.8) is 0 Å². The molecule has 0 bridgehead atoms. The van der Waals surface area contributed by atoms with Crippen LogP contribution in [-0.2, 0) is 4.79 Å². The molecule has 0 radical (unpaired) electrons. The Hall–Kier alpha value is -2.13. The highest BCUT2D eigenvalue weighted by Crippen LogP contribution is 2.24. The maximum Gasteiger partial charge on any atom is 0.219 e. The molecule has 7 heteroatoms. The summed E-state index contributed by atoms with van der Waals surface area (Å²) in [5, 5.41) is 6.85. The summed E-state index contributed by atoms with van der Waals surface area (Å²) >= 11 is 0. The fraction of sp³-hybridized carbons (Fsp3) is 0.440. The first-order valence-corrected chi connectivity index (χ1v) is 11.3. The molecule has 0 saturated carbocycles. The summed E-state index contributed by atoms with van der Waals surface area (Å²) < 4.78 is 0. The van der Waals surface area contributed by atoms with Gasteiger partial charge in [-0.25, -0.2) is 0 Å². The second kappa shape index (κ2) is 14.1. The Morgan fingerprint density at radius 2 is 1.50 bits per heavy atom. The van der Waals surface area contributed by atoms with Gasteiger partial charge in [-0.1, -0.05) is 60.7 Å². The van der Waals surface area contributed by atoms with E-state index in [0.29, 0.717) is 6.54 Å². The van der Waals surface area contributed by atoms with E-state index >= 15 is 0 Å². The van der Waals surface area contributed by atoms with Gasteiger partial charge in [0, 0.05) is 58.7 Å². The molecule has 0 atom stereocenters. The molecule has 2 N–H and O–H groups in total. The van der Waals surface area contributed by atoms with Crippen molar-refractivity contribution in [1.82, 2.24) is 20.4 Å². The lowest BCUT2D eigenvalue weighted by molar-refractivity contribution is -0.130. The molecule has 0 spiro atoms. The van der Waals surface area contributed by atoms with Gasteiger partial charge in [0.15, 0.2) is 5.96 Å². The normalized spacial score (nSPS) is 14.7. The zero-order valence-corrected chi connectivity index (χ0v) is 21.5. The number of carbonyl (C=O) groups excluding carboxylic acids is 1. The maximum atomic E-state index is 11.5. The zero-order chi connectivity index (χ0) is 21.9. The smallest absolute Gasteiger partial charge is 0.219 e. The lowest BCUT2D eigenvalue weighted by atomic mass is 9.91. The van der Waals surface area contributed by atoms with Crippen LogP contribution in [0, 0.1) is 0 Å². The second-order valence-corrected chi connectivity index (χ2v) is 7.87. The zero-order valence-electron chi connectivity index (χ0n) is 19.2. The molecule has 1 aliphatic rings. The van der Waals surface area contributed by atoms with E-state index < -0.39 is 0 Å². The molecule has 0 aliphatic carbocycles. The predicted molar refractivity (Wildman–Crippen MR) is 143 cm³/mol. The molecule has 1 heterocycles. The molecule has 174 valence electrons. The van der Waals surface area contributed by atoms with E-state index in [1.54, 1.807) is 6.92 Å². The Balaban J connectivity index is 0.00000363. The number of aliphatic imine (C=N–C) groups is 1. The summed E-state index contributed by atoms with van der Waals surface area (Å²) in [6.07, 6.45) is 0. The van der Waals surface area contributed by atoms with Crippen LogP contribution in [0.1, 0.15) is 30.9 Å². The number of benzene rings is 2. The van der Waals surface area contributed by atoms with Crippen molar-refractivity contribution in [2.45, 2.75) is 19.8 Å². The van der Waals surface area contributed by atoms with Crippen molar-refractivity contribution in [2.75, 3.05) is 52.4 Å². The molecule has 0 unspecified atom stereocenters. The molecule has 3 rings (SSSR count). The van der Waals surface area contributed by atoms with Gasteiger partial charge in [0.2, 0.25) is 5.91 Å². The van der Waals surface area contributed by atoms with E-state index in [-0.39, 0.29) is 35.8 Å². The lowest BCUT2D eigenvalue weighted by Crippen LogP contribution is -2.50. The summed E-state index contributed by atoms with van der Waals surface area (Å²) in [6.45, 7) is 10.5. The van der Waals surface area contributed by atoms with Crippen LogP contribution in [0.2, 0.25) is 0 Å². The fourth-order valence-corrected chi connectivity index (χ4v) is 3.92. The Morgan fingerprint density at radius 1 is 0.938 bits per heavy atom. The van der Waals surface area contributed by atoms with Crippen molar-refractivity contribution >= 4 is 35.8 Å². The van der Waals surface area contributed by atoms with Gasteiger partial charge in [-0.3, -0.25) is 14.7 Å². The van der Waals surface area contributed by atoms with E-state index in [1.165, 1.54) is 11.1 Å². The second-order valence-electron chi connectivity index (χ2n) is 7.87. The number of halogens is 1. The van der Waals surface area contributed by atoms with Crippen molar-refractivity contribution in [3.8, 4) is 0 Å². The first kappa shape index (κ1) is 26.1. The molecule has 1 aliphatic heterocycles. The molecule has 2 aromatic carbocycles. The Labute approximate surface area is 209 Å². The Bertz CT molecular complexity index is 783. The van der Waals surface area contributed by atoms with Gasteiger partial charge in [-0.2, -0.15) is 0 Å². The highest BCUT2D eigenvalue weighted by molar-refractivity contribution is 14.0. The average molecular weight is 550 g/mol. The largest absolute Gasteiger partial charge is 0.357 e. The monoisotopic (exact) mass is 549 g/mol. The van der Waals surface area contributed by atoms with Gasteiger partial charge in [0.05, 0.1) is 6.54 Å². The summed E-state index contributed by atoms with van der Waals surface area (Å²) in [4.78, 5) is 20.7. The van der Waals surface area contributed by atoms with Crippen LogP contribution < -0.4 is 10.6 Å². The SMILES string of the molecule is CCNC(=NCC(c1ccccc1)c1ccccc1)NCCN1CCN(C(C)=O)CC1.I. The lowest BCUT2D eigenvalue weighted by Gasteiger charge is -2.34. The molecule has 32 heavy (non-hydrogen) atoms. The Morgan fingerprint density at radius 3 is 2.00 bits per heavy atom. The fourth-order valence-electron chi connectivity index (χ4n) is 3.92. The van der Waals surface area contributed by atoms with Gasteiger partial charge < -0.3 is 15.5 Å². The van der Waals surface area contributed by atoms with E-state index in [2.05, 4.69) is 83.1 Å². The minimum atomic E-state index is 0. The third-order valence-electron chi connectivity index (χ3n) is 5.72. The number of nitrogens with one attached hydrogen (secondary N) is 2. The average Bonchev–Trinajstić information content (AvgIpc) is 2.81. The van der Waals surface area contributed by atoms with Crippen LogP contribution in [-0.4, -0.2) is 74.0 Å². The molecular formula is C25H36IN5O. The first-order valence-electron chi connectivity index (χ1n) is 11.3. The summed E-state index contributed by atoms with van der Waals surface area (Å²) in [6, 6.07) is 21.2. The van der Waals surface area contributed by atoms with Crippen LogP contribution in [0.25, 0.3) is 0 Å². The molecule has 6 nitrogen and oxygen atoms in total. The van der Waals surface area contributed by atoms with Gasteiger partial charge in [0.1, 0.15) is 0 Å². The van der Waals surface area contributed by atoms with Crippen molar-refractivity contribution in [1.29, 1.82) is 0 Å².